The molecule has 0 saturated heterocycles. The van der Waals surface area contributed by atoms with Crippen LogP contribution in [0.4, 0.5) is 0 Å². The minimum absolute atomic E-state index is 0.129. The molecule has 1 unspecified atom stereocenters. The number of hydrogen-bond donors (Lipinski definition) is 3. The van der Waals surface area contributed by atoms with E-state index in [1.807, 2.05) is 45.0 Å². The summed E-state index contributed by atoms with van der Waals surface area (Å²) >= 11 is 0. The molecule has 3 N–H and O–H groups in total. The summed E-state index contributed by atoms with van der Waals surface area (Å²) in [4.78, 5) is 4.54. The van der Waals surface area contributed by atoms with E-state index in [0.717, 1.165) is 49.6 Å². The van der Waals surface area contributed by atoms with Crippen molar-refractivity contribution >= 4 is 5.96 Å². The average molecular weight is 412 g/mol. The number of guanidine groups is 1. The molecule has 1 heterocycles. The summed E-state index contributed by atoms with van der Waals surface area (Å²) in [5, 5.41) is 17.1. The van der Waals surface area contributed by atoms with Crippen LogP contribution in [0.3, 0.4) is 0 Å². The summed E-state index contributed by atoms with van der Waals surface area (Å²) in [6, 6.07) is 13.9. The highest BCUT2D eigenvalue weighted by Gasteiger charge is 2.12. The number of rotatable bonds is 9. The van der Waals surface area contributed by atoms with E-state index in [1.165, 1.54) is 11.1 Å². The first-order chi connectivity index (χ1) is 14.5. The van der Waals surface area contributed by atoms with E-state index in [2.05, 4.69) is 33.8 Å². The van der Waals surface area contributed by atoms with E-state index in [0.29, 0.717) is 5.96 Å². The summed E-state index contributed by atoms with van der Waals surface area (Å²) in [7, 11) is 0. The zero-order valence-corrected chi connectivity index (χ0v) is 18.1. The first-order valence-corrected chi connectivity index (χ1v) is 10.8. The van der Waals surface area contributed by atoms with Crippen LogP contribution < -0.4 is 20.1 Å². The zero-order valence-electron chi connectivity index (χ0n) is 18.1. The maximum atomic E-state index is 10.5. The highest BCUT2D eigenvalue weighted by molar-refractivity contribution is 5.79. The van der Waals surface area contributed by atoms with Crippen LogP contribution in [-0.4, -0.2) is 43.4 Å². The van der Waals surface area contributed by atoms with Crippen molar-refractivity contribution < 1.29 is 14.6 Å². The minimum Gasteiger partial charge on any atom is -0.493 e. The van der Waals surface area contributed by atoms with E-state index in [9.17, 15) is 5.11 Å². The Morgan fingerprint density at radius 3 is 2.70 bits per heavy atom. The fourth-order valence-electron chi connectivity index (χ4n) is 3.39. The molecule has 0 fully saturated rings. The summed E-state index contributed by atoms with van der Waals surface area (Å²) in [5.41, 5.74) is 3.40. The van der Waals surface area contributed by atoms with E-state index < -0.39 is 6.10 Å². The molecule has 6 nitrogen and oxygen atoms in total. The SMILES string of the molecule is CCNC(=NCC(O)c1ccc(OC(C)C)cc1)NCCc1ccc2c(c1)CCO2. The van der Waals surface area contributed by atoms with Gasteiger partial charge in [-0.2, -0.15) is 0 Å². The molecule has 2 aromatic rings. The summed E-state index contributed by atoms with van der Waals surface area (Å²) in [5.74, 6) is 2.53. The van der Waals surface area contributed by atoms with Gasteiger partial charge in [-0.1, -0.05) is 24.3 Å². The molecule has 1 aliphatic rings. The zero-order chi connectivity index (χ0) is 21.3. The highest BCUT2D eigenvalue weighted by Crippen LogP contribution is 2.25. The smallest absolute Gasteiger partial charge is 0.191 e. The predicted molar refractivity (Wildman–Crippen MR) is 120 cm³/mol. The highest BCUT2D eigenvalue weighted by atomic mass is 16.5. The van der Waals surface area contributed by atoms with Crippen LogP contribution in [-0.2, 0) is 12.8 Å². The van der Waals surface area contributed by atoms with E-state index in [-0.39, 0.29) is 12.6 Å². The third kappa shape index (κ3) is 6.39. The molecule has 0 radical (unpaired) electrons. The molecule has 162 valence electrons. The van der Waals surface area contributed by atoms with Gasteiger partial charge in [-0.3, -0.25) is 4.99 Å². The third-order valence-electron chi connectivity index (χ3n) is 4.86. The van der Waals surface area contributed by atoms with Crippen molar-refractivity contribution in [1.29, 1.82) is 0 Å². The minimum atomic E-state index is -0.662. The maximum Gasteiger partial charge on any atom is 0.191 e. The van der Waals surface area contributed by atoms with Gasteiger partial charge in [0.2, 0.25) is 0 Å². The number of ether oxygens (including phenoxy) is 2. The lowest BCUT2D eigenvalue weighted by molar-refractivity contribution is 0.186. The molecule has 1 atom stereocenters. The summed E-state index contributed by atoms with van der Waals surface area (Å²) < 4.78 is 11.2. The van der Waals surface area contributed by atoms with Crippen LogP contribution >= 0.6 is 0 Å². The summed E-state index contributed by atoms with van der Waals surface area (Å²) in [6.45, 7) is 8.61. The number of fused-ring (bicyclic) bond motifs is 1. The molecule has 2 aromatic carbocycles. The molecule has 0 bridgehead atoms. The number of hydrogen-bond acceptors (Lipinski definition) is 4. The van der Waals surface area contributed by atoms with Crippen LogP contribution in [0.2, 0.25) is 0 Å². The van der Waals surface area contributed by atoms with Gasteiger partial charge in [0.15, 0.2) is 5.96 Å². The number of aliphatic hydroxyl groups excluding tert-OH is 1. The Kier molecular flexibility index (Phi) is 7.97. The number of aliphatic hydroxyl groups is 1. The van der Waals surface area contributed by atoms with Crippen LogP contribution in [0.15, 0.2) is 47.5 Å². The first-order valence-electron chi connectivity index (χ1n) is 10.8. The third-order valence-corrected chi connectivity index (χ3v) is 4.86. The second-order valence-corrected chi connectivity index (χ2v) is 7.69. The Morgan fingerprint density at radius 1 is 1.17 bits per heavy atom. The molecule has 3 rings (SSSR count). The number of aliphatic imine (C=N–C) groups is 1. The summed E-state index contributed by atoms with van der Waals surface area (Å²) in [6.07, 6.45) is 1.36. The Bertz CT molecular complexity index is 834. The fourth-order valence-corrected chi connectivity index (χ4v) is 3.39. The van der Waals surface area contributed by atoms with Gasteiger partial charge in [-0.25, -0.2) is 0 Å². The normalized spacial score (nSPS) is 14.2. The average Bonchev–Trinajstić information content (AvgIpc) is 3.20. The largest absolute Gasteiger partial charge is 0.493 e. The van der Waals surface area contributed by atoms with Gasteiger partial charge in [0.25, 0.3) is 0 Å². The Balaban J connectivity index is 1.50. The van der Waals surface area contributed by atoms with Gasteiger partial charge in [-0.15, -0.1) is 0 Å². The van der Waals surface area contributed by atoms with Crippen LogP contribution in [0.25, 0.3) is 0 Å². The topological polar surface area (TPSA) is 75.1 Å². The van der Waals surface area contributed by atoms with E-state index in [1.54, 1.807) is 0 Å². The monoisotopic (exact) mass is 411 g/mol. The van der Waals surface area contributed by atoms with Gasteiger partial charge in [0.1, 0.15) is 11.5 Å². The molecule has 30 heavy (non-hydrogen) atoms. The van der Waals surface area contributed by atoms with Crippen molar-refractivity contribution in [3.05, 3.63) is 59.2 Å². The van der Waals surface area contributed by atoms with Crippen molar-refractivity contribution in [3.63, 3.8) is 0 Å². The van der Waals surface area contributed by atoms with Gasteiger partial charge in [0.05, 0.1) is 25.4 Å². The van der Waals surface area contributed by atoms with Crippen molar-refractivity contribution in [2.45, 2.75) is 45.8 Å². The quantitative estimate of drug-likeness (QED) is 0.436. The second kappa shape index (κ2) is 10.9. The molecule has 1 aliphatic heterocycles. The number of benzene rings is 2. The fraction of sp³-hybridized carbons (Fsp3) is 0.458. The van der Waals surface area contributed by atoms with Gasteiger partial charge < -0.3 is 25.2 Å². The van der Waals surface area contributed by atoms with Crippen molar-refractivity contribution in [2.75, 3.05) is 26.2 Å². The molecular weight excluding hydrogens is 378 g/mol. The lowest BCUT2D eigenvalue weighted by Gasteiger charge is -2.14. The van der Waals surface area contributed by atoms with Crippen LogP contribution in [0.5, 0.6) is 11.5 Å². The number of nitrogens with zero attached hydrogens (tertiary/aromatic N) is 1. The molecule has 0 saturated carbocycles. The van der Waals surface area contributed by atoms with E-state index >= 15 is 0 Å². The van der Waals surface area contributed by atoms with Crippen LogP contribution in [0, 0.1) is 0 Å². The maximum absolute atomic E-state index is 10.5. The van der Waals surface area contributed by atoms with Gasteiger partial charge in [0, 0.05) is 19.5 Å². The Labute approximate surface area is 179 Å². The number of nitrogens with one attached hydrogen (secondary N) is 2. The van der Waals surface area contributed by atoms with Crippen molar-refractivity contribution in [1.82, 2.24) is 10.6 Å². The van der Waals surface area contributed by atoms with Gasteiger partial charge >= 0.3 is 0 Å². The lowest BCUT2D eigenvalue weighted by atomic mass is 10.1. The predicted octanol–water partition coefficient (Wildman–Crippen LogP) is 3.24. The molecule has 6 heteroatoms. The molecule has 0 amide bonds. The van der Waals surface area contributed by atoms with E-state index in [4.69, 9.17) is 9.47 Å². The van der Waals surface area contributed by atoms with Crippen molar-refractivity contribution in [3.8, 4) is 11.5 Å². The molecule has 0 aromatic heterocycles. The lowest BCUT2D eigenvalue weighted by Crippen LogP contribution is -2.38. The van der Waals surface area contributed by atoms with Gasteiger partial charge in [-0.05, 0) is 62.1 Å². The molecular formula is C24H33N3O3. The molecule has 0 aliphatic carbocycles. The second-order valence-electron chi connectivity index (χ2n) is 7.69. The Morgan fingerprint density at radius 2 is 1.97 bits per heavy atom. The van der Waals surface area contributed by atoms with Crippen molar-refractivity contribution in [2.24, 2.45) is 4.99 Å². The Hall–Kier alpha value is -2.73. The standard InChI is InChI=1S/C24H33N3O3/c1-4-25-24(26-13-11-18-5-10-23-20(15-18)12-14-29-23)27-16-22(28)19-6-8-21(9-7-19)30-17(2)3/h5-10,15,17,22,28H,4,11-14,16H2,1-3H3,(H2,25,26,27). The van der Waals surface area contributed by atoms with Crippen LogP contribution in [0.1, 0.15) is 43.6 Å². The molecule has 0 spiro atoms. The first kappa shape index (κ1) is 22.0.